The van der Waals surface area contributed by atoms with Gasteiger partial charge in [0.2, 0.25) is 0 Å². The van der Waals surface area contributed by atoms with Gasteiger partial charge in [-0.2, -0.15) is 0 Å². The first-order chi connectivity index (χ1) is 9.28. The number of hydrogen-bond acceptors (Lipinski definition) is 2. The fourth-order valence-corrected chi connectivity index (χ4v) is 4.02. The highest BCUT2D eigenvalue weighted by Crippen LogP contribution is 2.23. The van der Waals surface area contributed by atoms with Crippen molar-refractivity contribution in [2.45, 2.75) is 58.3 Å². The van der Waals surface area contributed by atoms with E-state index < -0.39 is 0 Å². The zero-order valence-corrected chi connectivity index (χ0v) is 13.2. The summed E-state index contributed by atoms with van der Waals surface area (Å²) in [5, 5.41) is 0. The van der Waals surface area contributed by atoms with Crippen molar-refractivity contribution in [2.24, 2.45) is 11.8 Å². The highest BCUT2D eigenvalue weighted by Gasteiger charge is 2.20. The Bertz CT molecular complexity index is 233. The maximum Gasteiger partial charge on any atom is 0.000662 e. The first kappa shape index (κ1) is 15.3. The fraction of sp³-hybridized carbons (Fsp3) is 1.00. The van der Waals surface area contributed by atoms with Gasteiger partial charge < -0.3 is 9.80 Å². The van der Waals surface area contributed by atoms with E-state index in [1.165, 1.54) is 84.1 Å². The molecule has 0 spiro atoms. The summed E-state index contributed by atoms with van der Waals surface area (Å²) >= 11 is 0. The van der Waals surface area contributed by atoms with Crippen LogP contribution in [0, 0.1) is 11.8 Å². The van der Waals surface area contributed by atoms with Crippen molar-refractivity contribution in [1.82, 2.24) is 9.80 Å². The van der Waals surface area contributed by atoms with E-state index in [9.17, 15) is 0 Å². The first-order valence-electron chi connectivity index (χ1n) is 8.68. The van der Waals surface area contributed by atoms with Crippen LogP contribution in [0.4, 0.5) is 0 Å². The second kappa shape index (κ2) is 8.26. The Kier molecular flexibility index (Phi) is 6.66. The van der Waals surface area contributed by atoms with Crippen LogP contribution in [0.15, 0.2) is 0 Å². The first-order valence-corrected chi connectivity index (χ1v) is 8.68. The molecule has 2 nitrogen and oxygen atoms in total. The van der Waals surface area contributed by atoms with E-state index >= 15 is 0 Å². The van der Waals surface area contributed by atoms with Gasteiger partial charge >= 0.3 is 0 Å². The molecule has 2 aliphatic heterocycles. The summed E-state index contributed by atoms with van der Waals surface area (Å²) in [6.07, 6.45) is 11.5. The summed E-state index contributed by atoms with van der Waals surface area (Å²) < 4.78 is 0. The second-order valence-corrected chi connectivity index (χ2v) is 6.99. The fourth-order valence-electron chi connectivity index (χ4n) is 4.02. The lowest BCUT2D eigenvalue weighted by molar-refractivity contribution is 0.161. The van der Waals surface area contributed by atoms with Crippen molar-refractivity contribution in [3.05, 3.63) is 0 Å². The van der Waals surface area contributed by atoms with Gasteiger partial charge in [0.15, 0.2) is 0 Å². The van der Waals surface area contributed by atoms with Gasteiger partial charge in [-0.3, -0.25) is 0 Å². The summed E-state index contributed by atoms with van der Waals surface area (Å²) in [7, 11) is 2.28. The number of rotatable bonds is 6. The molecule has 2 aliphatic rings. The molecule has 0 bridgehead atoms. The maximum atomic E-state index is 2.72. The highest BCUT2D eigenvalue weighted by atomic mass is 15.1. The van der Waals surface area contributed by atoms with Crippen molar-refractivity contribution >= 4 is 0 Å². The summed E-state index contributed by atoms with van der Waals surface area (Å²) in [5.41, 5.74) is 0. The molecule has 2 saturated heterocycles. The van der Waals surface area contributed by atoms with Crippen molar-refractivity contribution in [3.63, 3.8) is 0 Å². The quantitative estimate of drug-likeness (QED) is 0.724. The highest BCUT2D eigenvalue weighted by molar-refractivity contribution is 4.74. The van der Waals surface area contributed by atoms with Crippen LogP contribution in [-0.4, -0.2) is 49.6 Å². The predicted molar refractivity (Wildman–Crippen MR) is 83.5 cm³/mol. The van der Waals surface area contributed by atoms with Crippen molar-refractivity contribution in [2.75, 3.05) is 39.8 Å². The molecule has 2 fully saturated rings. The van der Waals surface area contributed by atoms with Gasteiger partial charge in [0, 0.05) is 6.54 Å². The SMILES string of the molecule is CCCC1CCN(CCCC2CCCN(C)C2)CC1. The monoisotopic (exact) mass is 266 g/mol. The molecule has 0 amide bonds. The van der Waals surface area contributed by atoms with Gasteiger partial charge in [0.1, 0.15) is 0 Å². The molecule has 2 heteroatoms. The molecule has 19 heavy (non-hydrogen) atoms. The zero-order valence-electron chi connectivity index (χ0n) is 13.2. The van der Waals surface area contributed by atoms with E-state index in [1.54, 1.807) is 0 Å². The molecule has 0 aromatic heterocycles. The number of likely N-dealkylation sites (tertiary alicyclic amines) is 2. The van der Waals surface area contributed by atoms with Crippen molar-refractivity contribution in [3.8, 4) is 0 Å². The van der Waals surface area contributed by atoms with Crippen LogP contribution in [0.3, 0.4) is 0 Å². The van der Waals surface area contributed by atoms with Gasteiger partial charge in [0.05, 0.1) is 0 Å². The van der Waals surface area contributed by atoms with Crippen molar-refractivity contribution in [1.29, 1.82) is 0 Å². The van der Waals surface area contributed by atoms with E-state index in [-0.39, 0.29) is 0 Å². The Morgan fingerprint density at radius 2 is 1.74 bits per heavy atom. The molecule has 2 heterocycles. The Labute approximate surface area is 120 Å². The molecule has 1 unspecified atom stereocenters. The molecule has 0 N–H and O–H groups in total. The number of hydrogen-bond donors (Lipinski definition) is 0. The standard InChI is InChI=1S/C17H34N2/c1-3-6-16-9-13-19(14-10-16)12-5-8-17-7-4-11-18(2)15-17/h16-17H,3-15H2,1-2H3. The molecule has 0 aromatic carbocycles. The van der Waals surface area contributed by atoms with Crippen LogP contribution in [0.1, 0.15) is 58.3 Å². The van der Waals surface area contributed by atoms with Gasteiger partial charge in [-0.05, 0) is 83.6 Å². The minimum absolute atomic E-state index is 0.983. The van der Waals surface area contributed by atoms with E-state index in [2.05, 4.69) is 23.8 Å². The van der Waals surface area contributed by atoms with Gasteiger partial charge in [-0.25, -0.2) is 0 Å². The Morgan fingerprint density at radius 3 is 2.42 bits per heavy atom. The van der Waals surface area contributed by atoms with Gasteiger partial charge in [-0.1, -0.05) is 19.8 Å². The van der Waals surface area contributed by atoms with Crippen molar-refractivity contribution < 1.29 is 0 Å². The van der Waals surface area contributed by atoms with E-state index in [1.807, 2.05) is 0 Å². The third-order valence-electron chi connectivity index (χ3n) is 5.21. The molecule has 112 valence electrons. The van der Waals surface area contributed by atoms with Gasteiger partial charge in [-0.15, -0.1) is 0 Å². The summed E-state index contributed by atoms with van der Waals surface area (Å²) in [6, 6.07) is 0. The topological polar surface area (TPSA) is 6.48 Å². The normalized spacial score (nSPS) is 27.8. The third-order valence-corrected chi connectivity index (χ3v) is 5.21. The van der Waals surface area contributed by atoms with E-state index in [0.717, 1.165) is 11.8 Å². The summed E-state index contributed by atoms with van der Waals surface area (Å²) in [5.74, 6) is 2.02. The van der Waals surface area contributed by atoms with Crippen LogP contribution in [-0.2, 0) is 0 Å². The molecular formula is C17H34N2. The molecule has 0 radical (unpaired) electrons. The van der Waals surface area contributed by atoms with E-state index in [0.29, 0.717) is 0 Å². The van der Waals surface area contributed by atoms with Crippen LogP contribution >= 0.6 is 0 Å². The lowest BCUT2D eigenvalue weighted by Crippen LogP contribution is -2.35. The molecule has 0 aromatic rings. The van der Waals surface area contributed by atoms with E-state index in [4.69, 9.17) is 0 Å². The molecule has 0 aliphatic carbocycles. The van der Waals surface area contributed by atoms with Gasteiger partial charge in [0.25, 0.3) is 0 Å². The Balaban J connectivity index is 1.54. The lowest BCUT2D eigenvalue weighted by Gasteiger charge is -2.33. The van der Waals surface area contributed by atoms with Crippen LogP contribution in [0.25, 0.3) is 0 Å². The van der Waals surface area contributed by atoms with Crippen LogP contribution in [0.2, 0.25) is 0 Å². The maximum absolute atomic E-state index is 2.72. The smallest absolute Gasteiger partial charge is 0.000662 e. The zero-order chi connectivity index (χ0) is 13.5. The lowest BCUT2D eigenvalue weighted by atomic mass is 9.91. The largest absolute Gasteiger partial charge is 0.306 e. The average Bonchev–Trinajstić information content (AvgIpc) is 2.41. The number of piperidine rings is 2. The predicted octanol–water partition coefficient (Wildman–Crippen LogP) is 3.62. The summed E-state index contributed by atoms with van der Waals surface area (Å²) in [4.78, 5) is 5.24. The van der Waals surface area contributed by atoms with Crippen LogP contribution < -0.4 is 0 Å². The van der Waals surface area contributed by atoms with Crippen LogP contribution in [0.5, 0.6) is 0 Å². The molecule has 0 saturated carbocycles. The number of nitrogens with zero attached hydrogens (tertiary/aromatic N) is 2. The summed E-state index contributed by atoms with van der Waals surface area (Å²) in [6.45, 7) is 9.09. The molecular weight excluding hydrogens is 232 g/mol. The molecule has 2 rings (SSSR count). The minimum atomic E-state index is 0.983. The minimum Gasteiger partial charge on any atom is -0.306 e. The third kappa shape index (κ3) is 5.43. The Morgan fingerprint density at radius 1 is 0.947 bits per heavy atom. The average molecular weight is 266 g/mol. The molecule has 1 atom stereocenters. The Hall–Kier alpha value is -0.0800. The second-order valence-electron chi connectivity index (χ2n) is 6.99.